The quantitative estimate of drug-likeness (QED) is 0.826. The van der Waals surface area contributed by atoms with Crippen molar-refractivity contribution in [3.8, 4) is 11.5 Å². The lowest BCUT2D eigenvalue weighted by Crippen LogP contribution is -2.02. The predicted octanol–water partition coefficient (Wildman–Crippen LogP) is 2.11. The molecule has 0 saturated heterocycles. The summed E-state index contributed by atoms with van der Waals surface area (Å²) in [6.07, 6.45) is 0. The average Bonchev–Trinajstić information content (AvgIpc) is 2.56. The third-order valence-corrected chi connectivity index (χ3v) is 2.89. The van der Waals surface area contributed by atoms with Gasteiger partial charge in [-0.15, -0.1) is 0 Å². The fourth-order valence-corrected chi connectivity index (χ4v) is 1.81. The lowest BCUT2D eigenvalue weighted by Gasteiger charge is -2.09. The minimum absolute atomic E-state index is 0.0665. The topological polar surface area (TPSA) is 90.4 Å². The van der Waals surface area contributed by atoms with Gasteiger partial charge in [-0.3, -0.25) is 4.68 Å². The van der Waals surface area contributed by atoms with E-state index in [1.807, 2.05) is 6.92 Å². The van der Waals surface area contributed by atoms with Crippen LogP contribution in [0.5, 0.6) is 11.5 Å². The zero-order valence-corrected chi connectivity index (χ0v) is 11.0. The molecule has 0 aliphatic heterocycles. The highest BCUT2D eigenvalue weighted by molar-refractivity contribution is 5.91. The molecule has 0 amide bonds. The van der Waals surface area contributed by atoms with Gasteiger partial charge in [0.2, 0.25) is 0 Å². The lowest BCUT2D eigenvalue weighted by atomic mass is 10.2. The summed E-state index contributed by atoms with van der Waals surface area (Å²) < 4.78 is 7.37. The Bertz CT molecular complexity index is 647. The van der Waals surface area contributed by atoms with Crippen molar-refractivity contribution >= 4 is 11.7 Å². The van der Waals surface area contributed by atoms with Gasteiger partial charge < -0.3 is 15.6 Å². The first-order chi connectivity index (χ1) is 8.90. The highest BCUT2D eigenvalue weighted by atomic mass is 16.5. The van der Waals surface area contributed by atoms with Gasteiger partial charge in [0.25, 0.3) is 0 Å². The molecule has 2 rings (SSSR count). The number of aromatic nitrogens is 2. The second kappa shape index (κ2) is 4.64. The van der Waals surface area contributed by atoms with Crippen LogP contribution in [0.25, 0.3) is 0 Å². The number of nitrogens with two attached hydrogens (primary N) is 1. The molecule has 0 radical (unpaired) electrons. The Kier molecular flexibility index (Phi) is 3.16. The molecule has 3 N–H and O–H groups in total. The Labute approximate surface area is 110 Å². The number of hydrogen-bond donors (Lipinski definition) is 2. The fraction of sp³-hybridized carbons (Fsp3) is 0.231. The molecule has 0 aliphatic carbocycles. The minimum atomic E-state index is -1.06. The van der Waals surface area contributed by atoms with E-state index in [0.29, 0.717) is 17.1 Å². The van der Waals surface area contributed by atoms with Crippen molar-refractivity contribution < 1.29 is 14.6 Å². The first kappa shape index (κ1) is 12.9. The fourth-order valence-electron chi connectivity index (χ4n) is 1.81. The number of anilines is 1. The Balaban J connectivity index is 2.48. The van der Waals surface area contributed by atoms with Crippen molar-refractivity contribution in [3.63, 3.8) is 0 Å². The first-order valence-corrected chi connectivity index (χ1v) is 5.71. The molecule has 0 unspecified atom stereocenters. The van der Waals surface area contributed by atoms with Crippen LogP contribution in [0.3, 0.4) is 0 Å². The second-order valence-corrected chi connectivity index (χ2v) is 4.29. The van der Waals surface area contributed by atoms with E-state index < -0.39 is 5.97 Å². The van der Waals surface area contributed by atoms with Gasteiger partial charge in [0.1, 0.15) is 17.0 Å². The number of benzene rings is 1. The maximum atomic E-state index is 11.2. The Morgan fingerprint density at radius 1 is 1.42 bits per heavy atom. The third-order valence-electron chi connectivity index (χ3n) is 2.89. The molecule has 19 heavy (non-hydrogen) atoms. The van der Waals surface area contributed by atoms with E-state index in [4.69, 9.17) is 15.6 Å². The molecule has 1 heterocycles. The minimum Gasteiger partial charge on any atom is -0.478 e. The molecule has 6 nitrogen and oxygen atoms in total. The van der Waals surface area contributed by atoms with Gasteiger partial charge in [-0.25, -0.2) is 4.79 Å². The normalized spacial score (nSPS) is 10.5. The Morgan fingerprint density at radius 3 is 2.63 bits per heavy atom. The monoisotopic (exact) mass is 261 g/mol. The number of hydrogen-bond acceptors (Lipinski definition) is 4. The number of nitrogens with zero attached hydrogens (tertiary/aromatic N) is 2. The highest BCUT2D eigenvalue weighted by Crippen LogP contribution is 2.31. The molecule has 0 atom stereocenters. The molecule has 0 aliphatic rings. The summed E-state index contributed by atoms with van der Waals surface area (Å²) in [5, 5.41) is 13.4. The SMILES string of the molecule is Cc1nn(C)c(C)c1Oc1cc(N)ccc1C(=O)O. The van der Waals surface area contributed by atoms with Gasteiger partial charge in [-0.2, -0.15) is 5.10 Å². The number of rotatable bonds is 3. The number of ether oxygens (including phenoxy) is 1. The average molecular weight is 261 g/mol. The first-order valence-electron chi connectivity index (χ1n) is 5.71. The van der Waals surface area contributed by atoms with E-state index in [2.05, 4.69) is 5.10 Å². The van der Waals surface area contributed by atoms with E-state index >= 15 is 0 Å². The molecular weight excluding hydrogens is 246 g/mol. The zero-order valence-electron chi connectivity index (χ0n) is 11.0. The van der Waals surface area contributed by atoms with E-state index in [-0.39, 0.29) is 11.3 Å². The van der Waals surface area contributed by atoms with Crippen molar-refractivity contribution in [3.05, 3.63) is 35.2 Å². The third kappa shape index (κ3) is 2.37. The summed E-state index contributed by atoms with van der Waals surface area (Å²) in [6, 6.07) is 4.45. The van der Waals surface area contributed by atoms with E-state index in [9.17, 15) is 4.79 Å². The summed E-state index contributed by atoms with van der Waals surface area (Å²) in [5.41, 5.74) is 7.69. The van der Waals surface area contributed by atoms with Gasteiger partial charge >= 0.3 is 5.97 Å². The van der Waals surface area contributed by atoms with Crippen LogP contribution in [-0.4, -0.2) is 20.9 Å². The van der Waals surface area contributed by atoms with Crippen LogP contribution < -0.4 is 10.5 Å². The van der Waals surface area contributed by atoms with Crippen LogP contribution in [0.15, 0.2) is 18.2 Å². The molecule has 100 valence electrons. The largest absolute Gasteiger partial charge is 0.478 e. The number of nitrogen functional groups attached to an aromatic ring is 1. The number of carboxylic acids is 1. The highest BCUT2D eigenvalue weighted by Gasteiger charge is 2.17. The molecule has 0 fully saturated rings. The van der Waals surface area contributed by atoms with Crippen molar-refractivity contribution in [2.45, 2.75) is 13.8 Å². The van der Waals surface area contributed by atoms with Gasteiger partial charge in [0.15, 0.2) is 5.75 Å². The van der Waals surface area contributed by atoms with Crippen LogP contribution in [-0.2, 0) is 7.05 Å². The van der Waals surface area contributed by atoms with E-state index in [1.165, 1.54) is 18.2 Å². The second-order valence-electron chi connectivity index (χ2n) is 4.29. The standard InChI is InChI=1S/C13H15N3O3/c1-7-12(8(2)16(3)15-7)19-11-6-9(14)4-5-10(11)13(17)18/h4-6H,14H2,1-3H3,(H,17,18). The van der Waals surface area contributed by atoms with Crippen LogP contribution in [0.4, 0.5) is 5.69 Å². The maximum absolute atomic E-state index is 11.2. The van der Waals surface area contributed by atoms with E-state index in [1.54, 1.807) is 18.7 Å². The summed E-state index contributed by atoms with van der Waals surface area (Å²) in [4.78, 5) is 11.2. The molecular formula is C13H15N3O3. The molecule has 0 saturated carbocycles. The number of carboxylic acid groups (broad SMARTS) is 1. The van der Waals surface area contributed by atoms with Crippen LogP contribution >= 0.6 is 0 Å². The molecule has 1 aromatic carbocycles. The lowest BCUT2D eigenvalue weighted by molar-refractivity contribution is 0.0694. The molecule has 0 bridgehead atoms. The summed E-state index contributed by atoms with van der Waals surface area (Å²) >= 11 is 0. The van der Waals surface area contributed by atoms with E-state index in [0.717, 1.165) is 5.69 Å². The number of carbonyl (C=O) groups is 1. The molecule has 2 aromatic rings. The van der Waals surface area contributed by atoms with Crippen LogP contribution in [0.2, 0.25) is 0 Å². The molecule has 0 spiro atoms. The van der Waals surface area contributed by atoms with Crippen molar-refractivity contribution in [1.29, 1.82) is 0 Å². The van der Waals surface area contributed by atoms with Crippen molar-refractivity contribution in [2.24, 2.45) is 7.05 Å². The van der Waals surface area contributed by atoms with Crippen LogP contribution in [0, 0.1) is 13.8 Å². The van der Waals surface area contributed by atoms with Gasteiger partial charge in [0.05, 0.1) is 5.69 Å². The van der Waals surface area contributed by atoms with Gasteiger partial charge in [-0.05, 0) is 26.0 Å². The van der Waals surface area contributed by atoms with Crippen LogP contribution in [0.1, 0.15) is 21.7 Å². The summed E-state index contributed by atoms with van der Waals surface area (Å²) in [6.45, 7) is 3.65. The maximum Gasteiger partial charge on any atom is 0.339 e. The van der Waals surface area contributed by atoms with Crippen molar-refractivity contribution in [1.82, 2.24) is 9.78 Å². The smallest absolute Gasteiger partial charge is 0.339 e. The summed E-state index contributed by atoms with van der Waals surface area (Å²) in [5.74, 6) is -0.295. The number of aromatic carboxylic acids is 1. The van der Waals surface area contributed by atoms with Gasteiger partial charge in [-0.1, -0.05) is 0 Å². The number of aryl methyl sites for hydroxylation is 2. The zero-order chi connectivity index (χ0) is 14.2. The predicted molar refractivity (Wildman–Crippen MR) is 70.6 cm³/mol. The Morgan fingerprint density at radius 2 is 2.11 bits per heavy atom. The Hall–Kier alpha value is -2.50. The molecule has 6 heteroatoms. The van der Waals surface area contributed by atoms with Crippen molar-refractivity contribution in [2.75, 3.05) is 5.73 Å². The molecule has 1 aromatic heterocycles. The summed E-state index contributed by atoms with van der Waals surface area (Å²) in [7, 11) is 1.80. The van der Waals surface area contributed by atoms with Gasteiger partial charge in [0, 0.05) is 18.8 Å².